The molecule has 1 aromatic rings. The molecule has 0 saturated carbocycles. The maximum absolute atomic E-state index is 12.3. The van der Waals surface area contributed by atoms with Crippen LogP contribution >= 0.6 is 11.3 Å². The topological polar surface area (TPSA) is 48.5 Å². The van der Waals surface area contributed by atoms with Gasteiger partial charge in [-0.3, -0.25) is 9.69 Å². The molecule has 5 nitrogen and oxygen atoms in total. The highest BCUT2D eigenvalue weighted by Gasteiger charge is 2.27. The smallest absolute Gasteiger partial charge is 0.223 e. The Labute approximate surface area is 136 Å². The molecule has 1 N–H and O–H groups in total. The van der Waals surface area contributed by atoms with Crippen LogP contribution in [0.4, 0.5) is 0 Å². The fourth-order valence-corrected chi connectivity index (χ4v) is 4.61. The number of aryl methyl sites for hydroxylation is 2. The highest BCUT2D eigenvalue weighted by atomic mass is 32.1. The maximum Gasteiger partial charge on any atom is 0.223 e. The van der Waals surface area contributed by atoms with Crippen molar-refractivity contribution in [2.24, 2.45) is 0 Å². The van der Waals surface area contributed by atoms with Crippen LogP contribution in [0.25, 0.3) is 0 Å². The number of piperazine rings is 1. The van der Waals surface area contributed by atoms with Crippen molar-refractivity contribution in [3.8, 4) is 0 Å². The predicted octanol–water partition coefficient (Wildman–Crippen LogP) is 1.58. The van der Waals surface area contributed by atoms with Crippen molar-refractivity contribution in [2.45, 2.75) is 38.6 Å². The molecule has 3 rings (SSSR count). The second-order valence-corrected chi connectivity index (χ2v) is 7.55. The summed E-state index contributed by atoms with van der Waals surface area (Å²) in [5.74, 6) is 0.296. The summed E-state index contributed by atoms with van der Waals surface area (Å²) in [6.45, 7) is 6.48. The molecule has 2 aliphatic rings. The van der Waals surface area contributed by atoms with E-state index in [0.717, 1.165) is 39.1 Å². The van der Waals surface area contributed by atoms with Crippen molar-refractivity contribution in [2.75, 3.05) is 39.8 Å². The van der Waals surface area contributed by atoms with Gasteiger partial charge in [0.25, 0.3) is 0 Å². The number of aromatic nitrogens is 1. The third kappa shape index (κ3) is 3.50. The van der Waals surface area contributed by atoms with Gasteiger partial charge in [0.05, 0.1) is 10.7 Å². The highest BCUT2D eigenvalue weighted by molar-refractivity contribution is 7.11. The molecule has 0 spiro atoms. The van der Waals surface area contributed by atoms with Crippen LogP contribution in [-0.4, -0.2) is 60.5 Å². The first kappa shape index (κ1) is 15.9. The number of carbonyl (C=O) groups excluding carboxylic acids is 1. The summed E-state index contributed by atoms with van der Waals surface area (Å²) in [5.41, 5.74) is 1.29. The van der Waals surface area contributed by atoms with Crippen LogP contribution in [0.15, 0.2) is 0 Å². The first-order chi connectivity index (χ1) is 10.6. The fraction of sp³-hybridized carbons (Fsp3) is 0.750. The molecule has 22 heavy (non-hydrogen) atoms. The van der Waals surface area contributed by atoms with Gasteiger partial charge in [-0.2, -0.15) is 0 Å². The molecular formula is C16H26N4OS. The van der Waals surface area contributed by atoms with Crippen molar-refractivity contribution in [3.63, 3.8) is 0 Å². The molecule has 122 valence electrons. The van der Waals surface area contributed by atoms with Gasteiger partial charge < -0.3 is 10.2 Å². The van der Waals surface area contributed by atoms with Crippen LogP contribution in [0.5, 0.6) is 0 Å². The number of rotatable bonds is 4. The van der Waals surface area contributed by atoms with Crippen LogP contribution in [0.2, 0.25) is 0 Å². The van der Waals surface area contributed by atoms with Crippen molar-refractivity contribution in [3.05, 3.63) is 15.6 Å². The Balaban J connectivity index is 1.56. The summed E-state index contributed by atoms with van der Waals surface area (Å²) in [6.07, 6.45) is 4.13. The van der Waals surface area contributed by atoms with Gasteiger partial charge in [0.15, 0.2) is 0 Å². The van der Waals surface area contributed by atoms with Gasteiger partial charge in [0.2, 0.25) is 5.91 Å². The molecule has 1 saturated heterocycles. The Morgan fingerprint density at radius 3 is 3.00 bits per heavy atom. The molecule has 1 amide bonds. The van der Waals surface area contributed by atoms with E-state index >= 15 is 0 Å². The van der Waals surface area contributed by atoms with Crippen LogP contribution < -0.4 is 5.32 Å². The summed E-state index contributed by atoms with van der Waals surface area (Å²) in [4.78, 5) is 22.7. The van der Waals surface area contributed by atoms with Crippen molar-refractivity contribution in [1.82, 2.24) is 20.1 Å². The van der Waals surface area contributed by atoms with Crippen molar-refractivity contribution in [1.29, 1.82) is 0 Å². The molecule has 1 aliphatic carbocycles. The minimum atomic E-state index is 0.296. The van der Waals surface area contributed by atoms with Crippen LogP contribution in [-0.2, 0) is 11.2 Å². The summed E-state index contributed by atoms with van der Waals surface area (Å²) in [7, 11) is 2.15. The number of hydrogen-bond acceptors (Lipinski definition) is 5. The lowest BCUT2D eigenvalue weighted by molar-refractivity contribution is -0.132. The van der Waals surface area contributed by atoms with Gasteiger partial charge in [-0.25, -0.2) is 4.98 Å². The Kier molecular flexibility index (Phi) is 5.10. The van der Waals surface area contributed by atoms with Gasteiger partial charge >= 0.3 is 0 Å². The third-order valence-corrected chi connectivity index (χ3v) is 5.82. The van der Waals surface area contributed by atoms with E-state index in [4.69, 9.17) is 0 Å². The van der Waals surface area contributed by atoms with Crippen LogP contribution in [0.1, 0.15) is 40.9 Å². The van der Waals surface area contributed by atoms with E-state index in [2.05, 4.69) is 29.2 Å². The predicted molar refractivity (Wildman–Crippen MR) is 89.2 cm³/mol. The zero-order valence-electron chi connectivity index (χ0n) is 13.6. The zero-order chi connectivity index (χ0) is 15.5. The molecule has 0 aromatic carbocycles. The molecule has 1 aliphatic heterocycles. The third-order valence-electron chi connectivity index (χ3n) is 4.71. The maximum atomic E-state index is 12.3. The zero-order valence-corrected chi connectivity index (χ0v) is 14.4. The van der Waals surface area contributed by atoms with Crippen LogP contribution in [0, 0.1) is 6.92 Å². The van der Waals surface area contributed by atoms with Gasteiger partial charge in [-0.15, -0.1) is 11.3 Å². The molecule has 0 radical (unpaired) electrons. The van der Waals surface area contributed by atoms with Gasteiger partial charge in [0, 0.05) is 50.1 Å². The second kappa shape index (κ2) is 7.06. The highest BCUT2D eigenvalue weighted by Crippen LogP contribution is 2.37. The lowest BCUT2D eigenvalue weighted by atomic mass is 9.97. The number of fused-ring (bicyclic) bond motifs is 1. The minimum Gasteiger partial charge on any atom is -0.340 e. The van der Waals surface area contributed by atoms with E-state index in [1.807, 2.05) is 16.2 Å². The molecule has 2 heterocycles. The van der Waals surface area contributed by atoms with Gasteiger partial charge in [-0.05, 0) is 33.2 Å². The summed E-state index contributed by atoms with van der Waals surface area (Å²) in [5, 5.41) is 4.46. The number of hydrogen-bond donors (Lipinski definition) is 1. The molecular weight excluding hydrogens is 296 g/mol. The average molecular weight is 322 g/mol. The largest absolute Gasteiger partial charge is 0.340 e. The number of thiazole rings is 1. The molecule has 1 fully saturated rings. The SMILES string of the molecule is Cc1nc2c(s1)C(N(C)CCC(=O)N1CCNCC1)CCC2. The first-order valence-corrected chi connectivity index (χ1v) is 9.11. The second-order valence-electron chi connectivity index (χ2n) is 6.31. The first-order valence-electron chi connectivity index (χ1n) is 8.30. The lowest BCUT2D eigenvalue weighted by Crippen LogP contribution is -2.47. The van der Waals surface area contributed by atoms with Crippen LogP contribution in [0.3, 0.4) is 0 Å². The number of nitrogens with one attached hydrogen (secondary N) is 1. The standard InChI is InChI=1S/C16H26N4OS/c1-12-18-13-4-3-5-14(16(13)22-12)19(2)9-6-15(21)20-10-7-17-8-11-20/h14,17H,3-11H2,1-2H3. The van der Waals surface area contributed by atoms with E-state index in [-0.39, 0.29) is 0 Å². The van der Waals surface area contributed by atoms with Crippen molar-refractivity contribution >= 4 is 17.2 Å². The van der Waals surface area contributed by atoms with E-state index in [0.29, 0.717) is 18.4 Å². The van der Waals surface area contributed by atoms with E-state index < -0.39 is 0 Å². The van der Waals surface area contributed by atoms with Crippen molar-refractivity contribution < 1.29 is 4.79 Å². The summed E-state index contributed by atoms with van der Waals surface area (Å²) in [6, 6.07) is 0.450. The average Bonchev–Trinajstić information content (AvgIpc) is 2.93. The number of carbonyl (C=O) groups is 1. The Morgan fingerprint density at radius 1 is 1.45 bits per heavy atom. The summed E-state index contributed by atoms with van der Waals surface area (Å²) >= 11 is 1.83. The minimum absolute atomic E-state index is 0.296. The monoisotopic (exact) mass is 322 g/mol. The summed E-state index contributed by atoms with van der Waals surface area (Å²) < 4.78 is 0. The molecule has 1 atom stereocenters. The van der Waals surface area contributed by atoms with Gasteiger partial charge in [-0.1, -0.05) is 0 Å². The van der Waals surface area contributed by atoms with Gasteiger partial charge in [0.1, 0.15) is 0 Å². The fourth-order valence-electron chi connectivity index (χ4n) is 3.44. The van der Waals surface area contributed by atoms with E-state index in [1.54, 1.807) is 0 Å². The quantitative estimate of drug-likeness (QED) is 0.914. The Bertz CT molecular complexity index is 524. The molecule has 0 bridgehead atoms. The molecule has 6 heteroatoms. The molecule has 1 unspecified atom stereocenters. The lowest BCUT2D eigenvalue weighted by Gasteiger charge is -2.32. The van der Waals surface area contributed by atoms with E-state index in [9.17, 15) is 4.79 Å². The normalized spacial score (nSPS) is 22.0. The van der Waals surface area contributed by atoms with E-state index in [1.165, 1.54) is 28.4 Å². The number of nitrogens with zero attached hydrogens (tertiary/aromatic N) is 3. The Morgan fingerprint density at radius 2 is 2.23 bits per heavy atom. The molecule has 1 aromatic heterocycles. The number of amides is 1. The Hall–Kier alpha value is -0.980.